The largest absolute Gasteiger partial charge is 0.462 e. The van der Waals surface area contributed by atoms with Gasteiger partial charge in [0.25, 0.3) is 5.91 Å². The molecule has 3 aromatic heterocycles. The molecule has 0 unspecified atom stereocenters. The van der Waals surface area contributed by atoms with Gasteiger partial charge in [0.1, 0.15) is 11.5 Å². The summed E-state index contributed by atoms with van der Waals surface area (Å²) in [5.74, 6) is 1.26. The Labute approximate surface area is 119 Å². The number of nitrogens with zero attached hydrogens (tertiary/aromatic N) is 3. The molecule has 0 radical (unpaired) electrons. The lowest BCUT2D eigenvalue weighted by Gasteiger charge is -2.13. The van der Waals surface area contributed by atoms with E-state index in [2.05, 4.69) is 15.0 Å². The first-order chi connectivity index (χ1) is 9.74. The minimum atomic E-state index is -0.143. The number of nitrogens with one attached hydrogen (secondary N) is 1. The van der Waals surface area contributed by atoms with Gasteiger partial charge in [-0.25, -0.2) is 9.97 Å². The second kappa shape index (κ2) is 5.30. The Hall–Kier alpha value is -2.41. The Morgan fingerprint density at radius 3 is 3.15 bits per heavy atom. The zero-order valence-corrected chi connectivity index (χ0v) is 11.6. The van der Waals surface area contributed by atoms with Gasteiger partial charge in [0, 0.05) is 24.8 Å². The smallest absolute Gasteiger partial charge is 0.273 e. The molecule has 0 saturated heterocycles. The van der Waals surface area contributed by atoms with Gasteiger partial charge in [-0.15, -0.1) is 11.3 Å². The number of aromatic nitrogens is 3. The summed E-state index contributed by atoms with van der Waals surface area (Å²) in [6.45, 7) is 0.416. The number of carbonyl (C=O) groups is 1. The molecule has 0 atom stereocenters. The molecule has 20 heavy (non-hydrogen) atoms. The van der Waals surface area contributed by atoms with Crippen LogP contribution in [-0.4, -0.2) is 32.8 Å². The molecule has 0 aliphatic rings. The third-order valence-electron chi connectivity index (χ3n) is 2.74. The number of amides is 1. The Bertz CT molecular complexity index is 688. The predicted molar refractivity (Wildman–Crippen MR) is 74.2 cm³/mol. The Balaban J connectivity index is 1.74. The number of hydrogen-bond acceptors (Lipinski definition) is 5. The normalized spacial score (nSPS) is 10.7. The minimum Gasteiger partial charge on any atom is -0.462 e. The van der Waals surface area contributed by atoms with Crippen LogP contribution in [-0.2, 0) is 6.54 Å². The van der Waals surface area contributed by atoms with Crippen LogP contribution in [0, 0.1) is 0 Å². The van der Waals surface area contributed by atoms with Gasteiger partial charge in [0.05, 0.1) is 12.8 Å². The molecule has 7 heteroatoms. The fourth-order valence-electron chi connectivity index (χ4n) is 1.76. The molecule has 6 nitrogen and oxygen atoms in total. The fraction of sp³-hybridized carbons (Fsp3) is 0.154. The van der Waals surface area contributed by atoms with E-state index in [1.165, 1.54) is 11.3 Å². The van der Waals surface area contributed by atoms with E-state index in [-0.39, 0.29) is 5.91 Å². The molecule has 0 fully saturated rings. The molecular formula is C13H12N4O2S. The van der Waals surface area contributed by atoms with Crippen LogP contribution in [0.15, 0.2) is 40.6 Å². The first kappa shape index (κ1) is 12.6. The quantitative estimate of drug-likeness (QED) is 0.800. The molecule has 1 amide bonds. The lowest BCUT2D eigenvalue weighted by atomic mass is 10.4. The van der Waals surface area contributed by atoms with Crippen LogP contribution in [0.5, 0.6) is 0 Å². The first-order valence-electron chi connectivity index (χ1n) is 5.97. The number of furan rings is 1. The molecule has 1 N–H and O–H groups in total. The van der Waals surface area contributed by atoms with Crippen molar-refractivity contribution in [2.45, 2.75) is 6.54 Å². The number of imidazole rings is 1. The van der Waals surface area contributed by atoms with Crippen LogP contribution in [0.2, 0.25) is 0 Å². The van der Waals surface area contributed by atoms with E-state index < -0.39 is 0 Å². The van der Waals surface area contributed by atoms with E-state index in [1.54, 1.807) is 42.1 Å². The highest BCUT2D eigenvalue weighted by molar-refractivity contribution is 7.13. The summed E-state index contributed by atoms with van der Waals surface area (Å²) in [7, 11) is 1.72. The number of rotatable bonds is 4. The van der Waals surface area contributed by atoms with Gasteiger partial charge in [-0.2, -0.15) is 0 Å². The second-order valence-electron chi connectivity index (χ2n) is 4.21. The average molecular weight is 288 g/mol. The molecule has 3 rings (SSSR count). The molecule has 0 aliphatic carbocycles. The number of thiazole rings is 1. The maximum atomic E-state index is 12.3. The van der Waals surface area contributed by atoms with Gasteiger partial charge in [-0.3, -0.25) is 4.79 Å². The van der Waals surface area contributed by atoms with Crippen LogP contribution in [0.3, 0.4) is 0 Å². The summed E-state index contributed by atoms with van der Waals surface area (Å²) in [6.07, 6.45) is 4.97. The number of hydrogen-bond donors (Lipinski definition) is 1. The highest BCUT2D eigenvalue weighted by atomic mass is 32.1. The van der Waals surface area contributed by atoms with Crippen LogP contribution in [0.4, 0.5) is 0 Å². The fourth-order valence-corrected chi connectivity index (χ4v) is 2.52. The van der Waals surface area contributed by atoms with Crippen LogP contribution >= 0.6 is 11.3 Å². The summed E-state index contributed by atoms with van der Waals surface area (Å²) in [6, 6.07) is 3.61. The van der Waals surface area contributed by atoms with Crippen LogP contribution in [0.1, 0.15) is 16.3 Å². The zero-order valence-electron chi connectivity index (χ0n) is 10.7. The summed E-state index contributed by atoms with van der Waals surface area (Å²) in [5.41, 5.74) is 0.412. The first-order valence-corrected chi connectivity index (χ1v) is 6.85. The average Bonchev–Trinajstić information content (AvgIpc) is 3.18. The van der Waals surface area contributed by atoms with Crippen LogP contribution < -0.4 is 0 Å². The van der Waals surface area contributed by atoms with Gasteiger partial charge in [-0.05, 0) is 12.1 Å². The highest BCUT2D eigenvalue weighted by Crippen LogP contribution is 2.24. The zero-order chi connectivity index (χ0) is 13.9. The van der Waals surface area contributed by atoms with E-state index in [0.29, 0.717) is 23.0 Å². The molecular weight excluding hydrogens is 276 g/mol. The topological polar surface area (TPSA) is 75.0 Å². The van der Waals surface area contributed by atoms with Crippen molar-refractivity contribution < 1.29 is 9.21 Å². The third kappa shape index (κ3) is 2.48. The van der Waals surface area contributed by atoms with E-state index >= 15 is 0 Å². The molecule has 3 aromatic rings. The number of H-pyrrole nitrogens is 1. The monoisotopic (exact) mass is 288 g/mol. The summed E-state index contributed by atoms with van der Waals surface area (Å²) < 4.78 is 5.27. The third-order valence-corrected chi connectivity index (χ3v) is 3.60. The van der Waals surface area contributed by atoms with Crippen molar-refractivity contribution in [1.29, 1.82) is 0 Å². The standard InChI is InChI=1S/C13H12N4O2S/c1-17(7-11-14-4-5-15-11)13(18)9-8-20-12(16-9)10-3-2-6-19-10/h2-6,8H,7H2,1H3,(H,14,15). The van der Waals surface area contributed by atoms with Crippen molar-refractivity contribution in [2.75, 3.05) is 7.05 Å². The second-order valence-corrected chi connectivity index (χ2v) is 5.07. The van der Waals surface area contributed by atoms with Crippen molar-refractivity contribution in [2.24, 2.45) is 0 Å². The number of aromatic amines is 1. The number of carbonyl (C=O) groups excluding carboxylic acids is 1. The van der Waals surface area contributed by atoms with Crippen molar-refractivity contribution in [3.8, 4) is 10.8 Å². The van der Waals surface area contributed by atoms with Gasteiger partial charge in [0.15, 0.2) is 10.8 Å². The molecule has 3 heterocycles. The van der Waals surface area contributed by atoms with E-state index in [4.69, 9.17) is 4.42 Å². The summed E-state index contributed by atoms with van der Waals surface area (Å²) in [4.78, 5) is 25.2. The molecule has 102 valence electrons. The van der Waals surface area contributed by atoms with Gasteiger partial charge in [0.2, 0.25) is 0 Å². The Morgan fingerprint density at radius 1 is 1.55 bits per heavy atom. The van der Waals surface area contributed by atoms with Crippen LogP contribution in [0.25, 0.3) is 10.8 Å². The SMILES string of the molecule is CN(Cc1ncc[nH]1)C(=O)c1csc(-c2ccco2)n1. The van der Waals surface area contributed by atoms with Crippen molar-refractivity contribution >= 4 is 17.2 Å². The van der Waals surface area contributed by atoms with Crippen molar-refractivity contribution in [3.63, 3.8) is 0 Å². The lowest BCUT2D eigenvalue weighted by molar-refractivity contribution is 0.0777. The molecule has 0 aromatic carbocycles. The summed E-state index contributed by atoms with van der Waals surface area (Å²) in [5, 5.41) is 2.43. The molecule has 0 aliphatic heterocycles. The van der Waals surface area contributed by atoms with E-state index in [9.17, 15) is 4.79 Å². The minimum absolute atomic E-state index is 0.143. The van der Waals surface area contributed by atoms with Crippen molar-refractivity contribution in [3.05, 3.63) is 47.7 Å². The molecule has 0 bridgehead atoms. The highest BCUT2D eigenvalue weighted by Gasteiger charge is 2.17. The lowest BCUT2D eigenvalue weighted by Crippen LogP contribution is -2.26. The van der Waals surface area contributed by atoms with E-state index in [1.807, 2.05) is 6.07 Å². The Kier molecular flexibility index (Phi) is 3.34. The molecule has 0 saturated carbocycles. The Morgan fingerprint density at radius 2 is 2.45 bits per heavy atom. The maximum absolute atomic E-state index is 12.3. The summed E-state index contributed by atoms with van der Waals surface area (Å²) >= 11 is 1.39. The van der Waals surface area contributed by atoms with Gasteiger partial charge in [-0.1, -0.05) is 0 Å². The molecule has 0 spiro atoms. The maximum Gasteiger partial charge on any atom is 0.273 e. The predicted octanol–water partition coefficient (Wildman–Crippen LogP) is 2.40. The van der Waals surface area contributed by atoms with Gasteiger partial charge >= 0.3 is 0 Å². The van der Waals surface area contributed by atoms with E-state index in [0.717, 1.165) is 5.82 Å². The van der Waals surface area contributed by atoms with Gasteiger partial charge < -0.3 is 14.3 Å². The van der Waals surface area contributed by atoms with Crippen molar-refractivity contribution in [1.82, 2.24) is 19.9 Å².